The smallest absolute Gasteiger partial charge is 0.265 e. The van der Waals surface area contributed by atoms with E-state index in [9.17, 15) is 4.79 Å². The minimum atomic E-state index is -0.567. The van der Waals surface area contributed by atoms with Crippen LogP contribution < -0.4 is 14.8 Å². The van der Waals surface area contributed by atoms with Crippen LogP contribution in [0.5, 0.6) is 11.5 Å². The molecule has 0 saturated carbocycles. The molecule has 0 aliphatic carbocycles. The Labute approximate surface area is 141 Å². The number of amides is 1. The summed E-state index contributed by atoms with van der Waals surface area (Å²) >= 11 is 5.84. The molecule has 0 spiro atoms. The Hall–Kier alpha value is -2.20. The van der Waals surface area contributed by atoms with Crippen LogP contribution in [-0.2, 0) is 4.79 Å². The highest BCUT2D eigenvalue weighted by molar-refractivity contribution is 6.30. The zero-order chi connectivity index (χ0) is 16.7. The van der Waals surface area contributed by atoms with Crippen molar-refractivity contribution in [2.24, 2.45) is 0 Å². The van der Waals surface area contributed by atoms with Crippen LogP contribution in [0.25, 0.3) is 0 Å². The maximum absolute atomic E-state index is 12.3. The van der Waals surface area contributed by atoms with Crippen LogP contribution in [0.2, 0.25) is 5.02 Å². The summed E-state index contributed by atoms with van der Waals surface area (Å²) in [5.41, 5.74) is 0.705. The number of carbonyl (C=O) groups is 1. The van der Waals surface area contributed by atoms with Crippen molar-refractivity contribution in [1.29, 1.82) is 0 Å². The van der Waals surface area contributed by atoms with Gasteiger partial charge in [-0.1, -0.05) is 18.5 Å². The molecule has 0 fully saturated rings. The Kier molecular flexibility index (Phi) is 6.29. The van der Waals surface area contributed by atoms with Gasteiger partial charge in [0.25, 0.3) is 5.91 Å². The van der Waals surface area contributed by atoms with E-state index in [1.807, 2.05) is 26.0 Å². The molecule has 2 aromatic carbocycles. The van der Waals surface area contributed by atoms with E-state index in [0.717, 1.165) is 5.75 Å². The maximum Gasteiger partial charge on any atom is 0.265 e. The number of anilines is 1. The molecule has 0 radical (unpaired) electrons. The molecular formula is C18H20ClNO3. The number of benzene rings is 2. The molecule has 0 aromatic heterocycles. The number of hydrogen-bond donors (Lipinski definition) is 1. The van der Waals surface area contributed by atoms with Crippen LogP contribution in [0.15, 0.2) is 48.5 Å². The summed E-state index contributed by atoms with van der Waals surface area (Å²) in [4.78, 5) is 12.3. The van der Waals surface area contributed by atoms with Crippen LogP contribution in [-0.4, -0.2) is 18.6 Å². The Morgan fingerprint density at radius 3 is 2.22 bits per heavy atom. The fourth-order valence-corrected chi connectivity index (χ4v) is 2.15. The third-order valence-electron chi connectivity index (χ3n) is 3.19. The summed E-state index contributed by atoms with van der Waals surface area (Å²) in [5, 5.41) is 3.48. The first-order chi connectivity index (χ1) is 11.1. The molecule has 0 saturated heterocycles. The lowest BCUT2D eigenvalue weighted by atomic mass is 10.2. The fourth-order valence-electron chi connectivity index (χ4n) is 2.02. The van der Waals surface area contributed by atoms with E-state index in [1.54, 1.807) is 36.4 Å². The lowest BCUT2D eigenvalue weighted by Crippen LogP contribution is -2.32. The standard InChI is InChI=1S/C18H20ClNO3/c1-3-17(23-16-9-5-13(19)6-10-16)18(21)20-14-7-11-15(12-8-14)22-4-2/h5-12,17H,3-4H2,1-2H3,(H,20,21)/t17-/m1/s1. The van der Waals surface area contributed by atoms with Crippen LogP contribution in [0.1, 0.15) is 20.3 Å². The van der Waals surface area contributed by atoms with Gasteiger partial charge in [-0.2, -0.15) is 0 Å². The van der Waals surface area contributed by atoms with Crippen LogP contribution in [0, 0.1) is 0 Å². The largest absolute Gasteiger partial charge is 0.494 e. The molecule has 2 aromatic rings. The quantitative estimate of drug-likeness (QED) is 0.809. The van der Waals surface area contributed by atoms with E-state index in [0.29, 0.717) is 29.5 Å². The van der Waals surface area contributed by atoms with Crippen LogP contribution >= 0.6 is 11.6 Å². The molecule has 0 aliphatic heterocycles. The molecular weight excluding hydrogens is 314 g/mol. The molecule has 0 aliphatic rings. The van der Waals surface area contributed by atoms with Gasteiger partial charge in [0.15, 0.2) is 6.10 Å². The molecule has 0 bridgehead atoms. The number of nitrogens with one attached hydrogen (secondary N) is 1. The lowest BCUT2D eigenvalue weighted by Gasteiger charge is -2.17. The second kappa shape index (κ2) is 8.44. The predicted octanol–water partition coefficient (Wildman–Crippen LogP) is 4.53. The van der Waals surface area contributed by atoms with Crippen molar-refractivity contribution >= 4 is 23.2 Å². The van der Waals surface area contributed by atoms with Gasteiger partial charge in [0.2, 0.25) is 0 Å². The first-order valence-corrected chi connectivity index (χ1v) is 7.96. The van der Waals surface area contributed by atoms with Crippen molar-refractivity contribution in [2.75, 3.05) is 11.9 Å². The molecule has 2 rings (SSSR count). The number of halogens is 1. The normalized spacial score (nSPS) is 11.6. The van der Waals surface area contributed by atoms with Gasteiger partial charge in [-0.3, -0.25) is 4.79 Å². The van der Waals surface area contributed by atoms with E-state index in [4.69, 9.17) is 21.1 Å². The Bertz CT molecular complexity index is 626. The van der Waals surface area contributed by atoms with Crippen LogP contribution in [0.3, 0.4) is 0 Å². The Balaban J connectivity index is 1.97. The number of ether oxygens (including phenoxy) is 2. The van der Waals surface area contributed by atoms with Crippen molar-refractivity contribution in [3.63, 3.8) is 0 Å². The number of carbonyl (C=O) groups excluding carboxylic acids is 1. The zero-order valence-electron chi connectivity index (χ0n) is 13.2. The summed E-state index contributed by atoms with van der Waals surface area (Å²) in [7, 11) is 0. The fraction of sp³-hybridized carbons (Fsp3) is 0.278. The summed E-state index contributed by atoms with van der Waals surface area (Å²) in [6, 6.07) is 14.2. The lowest BCUT2D eigenvalue weighted by molar-refractivity contribution is -0.122. The minimum absolute atomic E-state index is 0.188. The van der Waals surface area contributed by atoms with Gasteiger partial charge in [0.1, 0.15) is 11.5 Å². The molecule has 1 atom stereocenters. The Morgan fingerprint density at radius 1 is 1.04 bits per heavy atom. The maximum atomic E-state index is 12.3. The average molecular weight is 334 g/mol. The highest BCUT2D eigenvalue weighted by atomic mass is 35.5. The van der Waals surface area contributed by atoms with Gasteiger partial charge in [-0.15, -0.1) is 0 Å². The van der Waals surface area contributed by atoms with Crippen LogP contribution in [0.4, 0.5) is 5.69 Å². The molecule has 0 unspecified atom stereocenters. The predicted molar refractivity (Wildman–Crippen MR) is 92.4 cm³/mol. The summed E-state index contributed by atoms with van der Waals surface area (Å²) < 4.78 is 11.1. The summed E-state index contributed by atoms with van der Waals surface area (Å²) in [6.45, 7) is 4.44. The van der Waals surface area contributed by atoms with E-state index in [2.05, 4.69) is 5.32 Å². The molecule has 1 amide bonds. The molecule has 1 N–H and O–H groups in total. The topological polar surface area (TPSA) is 47.6 Å². The second-order valence-corrected chi connectivity index (χ2v) is 5.35. The van der Waals surface area contributed by atoms with Gasteiger partial charge < -0.3 is 14.8 Å². The van der Waals surface area contributed by atoms with E-state index in [-0.39, 0.29) is 5.91 Å². The third kappa shape index (κ3) is 5.18. The molecule has 5 heteroatoms. The summed E-state index contributed by atoms with van der Waals surface area (Å²) in [6.07, 6.45) is -0.00590. The first-order valence-electron chi connectivity index (χ1n) is 7.58. The third-order valence-corrected chi connectivity index (χ3v) is 3.44. The SMILES string of the molecule is CCOc1ccc(NC(=O)[C@@H](CC)Oc2ccc(Cl)cc2)cc1. The van der Waals surface area contributed by atoms with E-state index >= 15 is 0 Å². The van der Waals surface area contributed by atoms with E-state index < -0.39 is 6.10 Å². The van der Waals surface area contributed by atoms with Crippen molar-refractivity contribution < 1.29 is 14.3 Å². The average Bonchev–Trinajstić information content (AvgIpc) is 2.56. The van der Waals surface area contributed by atoms with Crippen molar-refractivity contribution in [3.8, 4) is 11.5 Å². The second-order valence-electron chi connectivity index (χ2n) is 4.92. The first kappa shape index (κ1) is 17.2. The minimum Gasteiger partial charge on any atom is -0.494 e. The zero-order valence-corrected chi connectivity index (χ0v) is 14.0. The number of rotatable bonds is 7. The van der Waals surface area contributed by atoms with E-state index in [1.165, 1.54) is 0 Å². The van der Waals surface area contributed by atoms with Gasteiger partial charge >= 0.3 is 0 Å². The molecule has 0 heterocycles. The van der Waals surface area contributed by atoms with Crippen molar-refractivity contribution in [2.45, 2.75) is 26.4 Å². The van der Waals surface area contributed by atoms with Gasteiger partial charge in [-0.05, 0) is 61.9 Å². The Morgan fingerprint density at radius 2 is 1.65 bits per heavy atom. The highest BCUT2D eigenvalue weighted by Crippen LogP contribution is 2.19. The highest BCUT2D eigenvalue weighted by Gasteiger charge is 2.18. The molecule has 23 heavy (non-hydrogen) atoms. The summed E-state index contributed by atoms with van der Waals surface area (Å²) in [5.74, 6) is 1.20. The number of hydrogen-bond acceptors (Lipinski definition) is 3. The van der Waals surface area contributed by atoms with Gasteiger partial charge in [0.05, 0.1) is 6.61 Å². The molecule has 122 valence electrons. The van der Waals surface area contributed by atoms with Crippen molar-refractivity contribution in [1.82, 2.24) is 0 Å². The van der Waals surface area contributed by atoms with Crippen molar-refractivity contribution in [3.05, 3.63) is 53.6 Å². The monoisotopic (exact) mass is 333 g/mol. The molecule has 4 nitrogen and oxygen atoms in total. The van der Waals surface area contributed by atoms with Gasteiger partial charge in [0, 0.05) is 10.7 Å². The van der Waals surface area contributed by atoms with Gasteiger partial charge in [-0.25, -0.2) is 0 Å².